The van der Waals surface area contributed by atoms with Crippen LogP contribution in [0.5, 0.6) is 0 Å². The summed E-state index contributed by atoms with van der Waals surface area (Å²) in [6.45, 7) is 2.95. The fourth-order valence-corrected chi connectivity index (χ4v) is 1.19. The van der Waals surface area contributed by atoms with E-state index in [2.05, 4.69) is 10.3 Å². The van der Waals surface area contributed by atoms with E-state index in [9.17, 15) is 4.39 Å². The second kappa shape index (κ2) is 5.67. The molecule has 0 saturated carbocycles. The van der Waals surface area contributed by atoms with Gasteiger partial charge in [-0.15, -0.1) is 0 Å². The molecule has 0 saturated heterocycles. The Morgan fingerprint density at radius 3 is 3.00 bits per heavy atom. The van der Waals surface area contributed by atoms with Crippen molar-refractivity contribution in [2.75, 3.05) is 20.3 Å². The van der Waals surface area contributed by atoms with E-state index in [-0.39, 0.29) is 11.9 Å². The predicted octanol–water partition coefficient (Wildman–Crippen LogP) is 1.52. The maximum Gasteiger partial charge on any atom is 0.146 e. The molecule has 0 amide bonds. The van der Waals surface area contributed by atoms with E-state index in [1.807, 2.05) is 6.92 Å². The van der Waals surface area contributed by atoms with Gasteiger partial charge in [-0.25, -0.2) is 4.39 Å². The van der Waals surface area contributed by atoms with E-state index >= 15 is 0 Å². The van der Waals surface area contributed by atoms with Crippen molar-refractivity contribution in [2.45, 2.75) is 13.0 Å². The lowest BCUT2D eigenvalue weighted by molar-refractivity contribution is 0.123. The second-order valence-corrected chi connectivity index (χ2v) is 2.87. The van der Waals surface area contributed by atoms with E-state index in [1.54, 1.807) is 19.3 Å². The molecule has 1 unspecified atom stereocenters. The zero-order chi connectivity index (χ0) is 10.4. The number of pyridine rings is 1. The lowest BCUT2D eigenvalue weighted by Gasteiger charge is -2.15. The van der Waals surface area contributed by atoms with E-state index in [4.69, 9.17) is 4.74 Å². The number of nitrogens with zero attached hydrogens (tertiary/aromatic N) is 1. The van der Waals surface area contributed by atoms with Crippen LogP contribution in [0.1, 0.15) is 18.7 Å². The summed E-state index contributed by atoms with van der Waals surface area (Å²) in [7, 11) is 1.76. The highest BCUT2D eigenvalue weighted by molar-refractivity contribution is 5.11. The number of rotatable bonds is 5. The van der Waals surface area contributed by atoms with Crippen molar-refractivity contribution in [2.24, 2.45) is 0 Å². The van der Waals surface area contributed by atoms with Crippen molar-refractivity contribution in [3.63, 3.8) is 0 Å². The van der Waals surface area contributed by atoms with E-state index in [0.717, 1.165) is 0 Å². The summed E-state index contributed by atoms with van der Waals surface area (Å²) in [6, 6.07) is 2.79. The minimum Gasteiger partial charge on any atom is -0.380 e. The fraction of sp³-hybridized carbons (Fsp3) is 0.500. The summed E-state index contributed by atoms with van der Waals surface area (Å²) in [5.74, 6) is -0.299. The molecule has 0 aliphatic rings. The molecule has 1 rings (SSSR count). The number of nitrogens with one attached hydrogen (secondary N) is 1. The van der Waals surface area contributed by atoms with Crippen LogP contribution in [0.25, 0.3) is 0 Å². The van der Waals surface area contributed by atoms with Gasteiger partial charge in [-0.05, 0) is 26.1 Å². The van der Waals surface area contributed by atoms with Gasteiger partial charge >= 0.3 is 0 Å². The Labute approximate surface area is 83.3 Å². The lowest BCUT2D eigenvalue weighted by atomic mass is 10.2. The Morgan fingerprint density at radius 2 is 2.43 bits per heavy atom. The van der Waals surface area contributed by atoms with Crippen molar-refractivity contribution in [3.05, 3.63) is 29.8 Å². The van der Waals surface area contributed by atoms with E-state index in [0.29, 0.717) is 18.9 Å². The summed E-state index contributed by atoms with van der Waals surface area (Å²) in [5.41, 5.74) is 0.406. The van der Waals surface area contributed by atoms with Crippen LogP contribution >= 0.6 is 0 Å². The highest BCUT2D eigenvalue weighted by atomic mass is 19.1. The molecule has 1 aromatic rings. The molecular formula is C10H15FN2O. The van der Waals surface area contributed by atoms with Crippen molar-refractivity contribution >= 4 is 0 Å². The average molecular weight is 198 g/mol. The number of hydrogen-bond donors (Lipinski definition) is 1. The summed E-state index contributed by atoms with van der Waals surface area (Å²) >= 11 is 0. The molecule has 3 nitrogen and oxygen atoms in total. The normalized spacial score (nSPS) is 12.8. The summed E-state index contributed by atoms with van der Waals surface area (Å²) in [6.07, 6.45) is 1.58. The molecule has 0 fully saturated rings. The zero-order valence-electron chi connectivity index (χ0n) is 8.46. The Balaban J connectivity index is 2.73. The molecular weight excluding hydrogens is 183 g/mol. The number of halogens is 1. The van der Waals surface area contributed by atoms with Crippen molar-refractivity contribution in [1.29, 1.82) is 0 Å². The van der Waals surface area contributed by atoms with Gasteiger partial charge < -0.3 is 10.1 Å². The SMILES string of the molecule is CCOCC(NC)c1ncccc1F. The van der Waals surface area contributed by atoms with Gasteiger partial charge in [-0.3, -0.25) is 4.98 Å². The Hall–Kier alpha value is -1.00. The molecule has 1 aromatic heterocycles. The number of aromatic nitrogens is 1. The molecule has 78 valence electrons. The minimum atomic E-state index is -0.299. The van der Waals surface area contributed by atoms with Crippen molar-refractivity contribution < 1.29 is 9.13 Å². The van der Waals surface area contributed by atoms with Gasteiger partial charge in [0.05, 0.1) is 18.3 Å². The van der Waals surface area contributed by atoms with Crippen LogP contribution in [0.4, 0.5) is 4.39 Å². The van der Waals surface area contributed by atoms with Gasteiger partial charge in [0.25, 0.3) is 0 Å². The van der Waals surface area contributed by atoms with Crippen LogP contribution in [0.3, 0.4) is 0 Å². The smallest absolute Gasteiger partial charge is 0.146 e. The molecule has 0 radical (unpaired) electrons. The third-order valence-electron chi connectivity index (χ3n) is 1.95. The summed E-state index contributed by atoms with van der Waals surface area (Å²) < 4.78 is 18.5. The van der Waals surface area contributed by atoms with Crippen molar-refractivity contribution in [1.82, 2.24) is 10.3 Å². The molecule has 0 spiro atoms. The minimum absolute atomic E-state index is 0.184. The number of hydrogen-bond acceptors (Lipinski definition) is 3. The van der Waals surface area contributed by atoms with Gasteiger partial charge in [0.2, 0.25) is 0 Å². The summed E-state index contributed by atoms with van der Waals surface area (Å²) in [5, 5.41) is 2.97. The topological polar surface area (TPSA) is 34.1 Å². The Kier molecular flexibility index (Phi) is 4.49. The van der Waals surface area contributed by atoms with Crippen LogP contribution in [0.15, 0.2) is 18.3 Å². The summed E-state index contributed by atoms with van der Waals surface area (Å²) in [4.78, 5) is 3.98. The zero-order valence-corrected chi connectivity index (χ0v) is 8.46. The number of likely N-dealkylation sites (N-methyl/N-ethyl adjacent to an activating group) is 1. The van der Waals surface area contributed by atoms with Gasteiger partial charge in [0, 0.05) is 12.8 Å². The predicted molar refractivity (Wildman–Crippen MR) is 52.5 cm³/mol. The average Bonchev–Trinajstić information content (AvgIpc) is 2.21. The highest BCUT2D eigenvalue weighted by Crippen LogP contribution is 2.13. The number of ether oxygens (including phenoxy) is 1. The quantitative estimate of drug-likeness (QED) is 0.778. The lowest BCUT2D eigenvalue weighted by Crippen LogP contribution is -2.24. The molecule has 0 bridgehead atoms. The van der Waals surface area contributed by atoms with Crippen LogP contribution in [-0.4, -0.2) is 25.2 Å². The van der Waals surface area contributed by atoms with Gasteiger partial charge in [0.15, 0.2) is 0 Å². The van der Waals surface area contributed by atoms with Gasteiger partial charge in [-0.1, -0.05) is 0 Å². The first-order chi connectivity index (χ1) is 6.79. The fourth-order valence-electron chi connectivity index (χ4n) is 1.19. The molecule has 1 heterocycles. The van der Waals surface area contributed by atoms with Crippen LogP contribution in [-0.2, 0) is 4.74 Å². The maximum atomic E-state index is 13.3. The second-order valence-electron chi connectivity index (χ2n) is 2.87. The van der Waals surface area contributed by atoms with E-state index in [1.165, 1.54) is 6.07 Å². The molecule has 1 atom stereocenters. The Bertz CT molecular complexity index is 281. The third kappa shape index (κ3) is 2.75. The molecule has 0 aliphatic carbocycles. The van der Waals surface area contributed by atoms with E-state index < -0.39 is 0 Å². The molecule has 4 heteroatoms. The van der Waals surface area contributed by atoms with Crippen LogP contribution < -0.4 is 5.32 Å². The monoisotopic (exact) mass is 198 g/mol. The largest absolute Gasteiger partial charge is 0.380 e. The molecule has 1 N–H and O–H groups in total. The van der Waals surface area contributed by atoms with Gasteiger partial charge in [-0.2, -0.15) is 0 Å². The first-order valence-corrected chi connectivity index (χ1v) is 4.65. The first kappa shape index (κ1) is 11.1. The molecule has 0 aliphatic heterocycles. The maximum absolute atomic E-state index is 13.3. The first-order valence-electron chi connectivity index (χ1n) is 4.65. The standard InChI is InChI=1S/C10H15FN2O/c1-3-14-7-9(12-2)10-8(11)5-4-6-13-10/h4-6,9,12H,3,7H2,1-2H3. The third-order valence-corrected chi connectivity index (χ3v) is 1.95. The Morgan fingerprint density at radius 1 is 1.64 bits per heavy atom. The van der Waals surface area contributed by atoms with Crippen LogP contribution in [0.2, 0.25) is 0 Å². The van der Waals surface area contributed by atoms with Gasteiger partial charge in [0.1, 0.15) is 5.82 Å². The highest BCUT2D eigenvalue weighted by Gasteiger charge is 2.14. The van der Waals surface area contributed by atoms with Crippen LogP contribution in [0, 0.1) is 5.82 Å². The molecule has 14 heavy (non-hydrogen) atoms. The van der Waals surface area contributed by atoms with Crippen molar-refractivity contribution in [3.8, 4) is 0 Å². The molecule has 0 aromatic carbocycles.